The molecule has 0 bridgehead atoms. The molecule has 0 spiro atoms. The number of aliphatic hydroxyl groups excluding tert-OH is 3. The maximum absolute atomic E-state index is 10.8. The van der Waals surface area contributed by atoms with Crippen LogP contribution in [0.1, 0.15) is 6.92 Å². The molecule has 0 aromatic heterocycles. The number of carbonyl (C=O) groups excluding carboxylic acids is 1. The summed E-state index contributed by atoms with van der Waals surface area (Å²) < 4.78 is 5.06. The first-order valence-electron chi connectivity index (χ1n) is 4.49. The molecule has 1 aliphatic heterocycles. The molecule has 6 atom stereocenters. The number of nitrogens with one attached hydrogen (secondary N) is 1. The van der Waals surface area contributed by atoms with Crippen LogP contribution in [-0.4, -0.2) is 57.8 Å². The molecule has 2 fully saturated rings. The minimum absolute atomic E-state index is 0.299. The summed E-state index contributed by atoms with van der Waals surface area (Å²) in [5.41, 5.74) is 0. The molecule has 1 amide bonds. The Balaban J connectivity index is 2.08. The van der Waals surface area contributed by atoms with E-state index in [9.17, 15) is 20.1 Å². The number of hydrogen-bond acceptors (Lipinski definition) is 5. The Hall–Kier alpha value is -0.690. The standard InChI is InChI=1S/C8H13NO5/c1-2(10)9-3-4(11)5(12)6(13)8-7(3)14-8/h3-8,11-13H,1H3,(H,9,10)/t3-,4-,5+,6-,7+,8-/m1/s1. The van der Waals surface area contributed by atoms with E-state index in [-0.39, 0.29) is 12.0 Å². The van der Waals surface area contributed by atoms with E-state index in [1.807, 2.05) is 0 Å². The van der Waals surface area contributed by atoms with Crippen molar-refractivity contribution in [1.82, 2.24) is 5.32 Å². The number of epoxide rings is 1. The van der Waals surface area contributed by atoms with Crippen LogP contribution in [0.25, 0.3) is 0 Å². The zero-order chi connectivity index (χ0) is 10.5. The van der Waals surface area contributed by atoms with Crippen molar-refractivity contribution in [2.75, 3.05) is 0 Å². The molecule has 6 heteroatoms. The third-order valence-electron chi connectivity index (χ3n) is 2.69. The van der Waals surface area contributed by atoms with Gasteiger partial charge in [0.2, 0.25) is 5.91 Å². The first kappa shape index (κ1) is 9.85. The number of hydrogen-bond donors (Lipinski definition) is 4. The summed E-state index contributed by atoms with van der Waals surface area (Å²) in [5, 5.41) is 30.8. The van der Waals surface area contributed by atoms with Gasteiger partial charge in [0, 0.05) is 6.92 Å². The van der Waals surface area contributed by atoms with Crippen LogP contribution in [0.15, 0.2) is 0 Å². The van der Waals surface area contributed by atoms with Gasteiger partial charge in [-0.1, -0.05) is 0 Å². The normalized spacial score (nSPS) is 50.9. The lowest BCUT2D eigenvalue weighted by atomic mass is 9.88. The molecule has 0 aromatic rings. The highest BCUT2D eigenvalue weighted by Gasteiger charge is 2.60. The lowest BCUT2D eigenvalue weighted by molar-refractivity contribution is -0.124. The molecule has 14 heavy (non-hydrogen) atoms. The van der Waals surface area contributed by atoms with Gasteiger partial charge in [0.05, 0.1) is 6.04 Å². The molecular weight excluding hydrogens is 190 g/mol. The van der Waals surface area contributed by atoms with Crippen LogP contribution in [0.5, 0.6) is 0 Å². The van der Waals surface area contributed by atoms with E-state index in [4.69, 9.17) is 4.74 Å². The fourth-order valence-corrected chi connectivity index (χ4v) is 1.91. The zero-order valence-corrected chi connectivity index (χ0v) is 7.62. The number of amides is 1. The minimum atomic E-state index is -1.27. The third-order valence-corrected chi connectivity index (χ3v) is 2.69. The van der Waals surface area contributed by atoms with Crippen LogP contribution in [0.4, 0.5) is 0 Å². The molecule has 1 saturated carbocycles. The number of ether oxygens (including phenoxy) is 1. The summed E-state index contributed by atoms with van der Waals surface area (Å²) in [6.45, 7) is 1.32. The molecule has 2 rings (SSSR count). The minimum Gasteiger partial charge on any atom is -0.388 e. The van der Waals surface area contributed by atoms with Gasteiger partial charge < -0.3 is 25.4 Å². The van der Waals surface area contributed by atoms with Gasteiger partial charge in [0.15, 0.2) is 0 Å². The van der Waals surface area contributed by atoms with Gasteiger partial charge in [0.25, 0.3) is 0 Å². The molecule has 0 aromatic carbocycles. The van der Waals surface area contributed by atoms with Crippen LogP contribution in [0, 0.1) is 0 Å². The molecule has 1 aliphatic carbocycles. The van der Waals surface area contributed by atoms with E-state index in [1.54, 1.807) is 0 Å². The molecule has 6 nitrogen and oxygen atoms in total. The highest BCUT2D eigenvalue weighted by atomic mass is 16.6. The van der Waals surface area contributed by atoms with E-state index in [0.29, 0.717) is 0 Å². The van der Waals surface area contributed by atoms with Crippen LogP contribution in [0.2, 0.25) is 0 Å². The van der Waals surface area contributed by atoms with Gasteiger partial charge >= 0.3 is 0 Å². The summed E-state index contributed by atoms with van der Waals surface area (Å²) in [4.78, 5) is 10.8. The Bertz CT molecular complexity index is 258. The van der Waals surface area contributed by atoms with E-state index >= 15 is 0 Å². The average molecular weight is 203 g/mol. The zero-order valence-electron chi connectivity index (χ0n) is 7.62. The van der Waals surface area contributed by atoms with Crippen LogP contribution in [0.3, 0.4) is 0 Å². The fourth-order valence-electron chi connectivity index (χ4n) is 1.91. The smallest absolute Gasteiger partial charge is 0.217 e. The molecular formula is C8H13NO5. The van der Waals surface area contributed by atoms with Crippen molar-refractivity contribution in [3.8, 4) is 0 Å². The summed E-state index contributed by atoms with van der Waals surface area (Å²) in [6.07, 6.45) is -4.37. The predicted octanol–water partition coefficient (Wildman–Crippen LogP) is -2.65. The van der Waals surface area contributed by atoms with Crippen molar-refractivity contribution in [2.24, 2.45) is 0 Å². The van der Waals surface area contributed by atoms with Crippen molar-refractivity contribution < 1.29 is 24.9 Å². The van der Waals surface area contributed by atoms with Crippen molar-refractivity contribution in [2.45, 2.75) is 43.5 Å². The fraction of sp³-hybridized carbons (Fsp3) is 0.875. The van der Waals surface area contributed by atoms with E-state index in [2.05, 4.69) is 5.32 Å². The summed E-state index contributed by atoms with van der Waals surface area (Å²) in [5.74, 6) is -0.299. The lowest BCUT2D eigenvalue weighted by Crippen LogP contribution is -2.59. The number of aliphatic hydroxyl groups is 3. The van der Waals surface area contributed by atoms with Gasteiger partial charge in [-0.2, -0.15) is 0 Å². The number of rotatable bonds is 1. The molecule has 1 saturated heterocycles. The van der Waals surface area contributed by atoms with Crippen molar-refractivity contribution in [1.29, 1.82) is 0 Å². The first-order valence-corrected chi connectivity index (χ1v) is 4.49. The quantitative estimate of drug-likeness (QED) is 0.349. The van der Waals surface area contributed by atoms with Gasteiger partial charge in [-0.3, -0.25) is 4.79 Å². The van der Waals surface area contributed by atoms with Gasteiger partial charge in [-0.15, -0.1) is 0 Å². The summed E-state index contributed by atoms with van der Waals surface area (Å²) in [6, 6.07) is -0.629. The molecule has 80 valence electrons. The van der Waals surface area contributed by atoms with Gasteiger partial charge in [-0.25, -0.2) is 0 Å². The second-order valence-electron chi connectivity index (χ2n) is 3.76. The SMILES string of the molecule is CC(=O)N[C@@H]1[C@@H](O)[C@H](O)[C@@H](O)[C@H]2O[C@@H]12. The van der Waals surface area contributed by atoms with Gasteiger partial charge in [0.1, 0.15) is 30.5 Å². The Morgan fingerprint density at radius 3 is 2.36 bits per heavy atom. The lowest BCUT2D eigenvalue weighted by Gasteiger charge is -2.32. The van der Waals surface area contributed by atoms with Gasteiger partial charge in [-0.05, 0) is 0 Å². The topological polar surface area (TPSA) is 102 Å². The van der Waals surface area contributed by atoms with Crippen molar-refractivity contribution in [3.63, 3.8) is 0 Å². The van der Waals surface area contributed by atoms with Crippen molar-refractivity contribution >= 4 is 5.91 Å². The molecule has 0 unspecified atom stereocenters. The first-order chi connectivity index (χ1) is 6.52. The second kappa shape index (κ2) is 3.16. The predicted molar refractivity (Wildman–Crippen MR) is 44.3 cm³/mol. The maximum Gasteiger partial charge on any atom is 0.217 e. The number of carbonyl (C=O) groups is 1. The Morgan fingerprint density at radius 2 is 1.79 bits per heavy atom. The van der Waals surface area contributed by atoms with E-state index in [1.165, 1.54) is 6.92 Å². The van der Waals surface area contributed by atoms with Crippen LogP contribution < -0.4 is 5.32 Å². The van der Waals surface area contributed by atoms with Crippen LogP contribution in [-0.2, 0) is 9.53 Å². The Morgan fingerprint density at radius 1 is 1.14 bits per heavy atom. The monoisotopic (exact) mass is 203 g/mol. The molecule has 2 aliphatic rings. The molecule has 1 heterocycles. The van der Waals surface area contributed by atoms with E-state index < -0.39 is 30.5 Å². The highest BCUT2D eigenvalue weighted by Crippen LogP contribution is 2.37. The average Bonchev–Trinajstić information content (AvgIpc) is 2.88. The molecule has 4 N–H and O–H groups in total. The maximum atomic E-state index is 10.8. The Labute approximate surface area is 80.5 Å². The summed E-state index contributed by atoms with van der Waals surface area (Å²) >= 11 is 0. The van der Waals surface area contributed by atoms with E-state index in [0.717, 1.165) is 0 Å². The van der Waals surface area contributed by atoms with Crippen molar-refractivity contribution in [3.05, 3.63) is 0 Å². The highest BCUT2D eigenvalue weighted by molar-refractivity contribution is 5.73. The number of fused-ring (bicyclic) bond motifs is 1. The summed E-state index contributed by atoms with van der Waals surface area (Å²) in [7, 11) is 0. The Kier molecular flexibility index (Phi) is 2.23. The van der Waals surface area contributed by atoms with Crippen LogP contribution >= 0.6 is 0 Å². The second-order valence-corrected chi connectivity index (χ2v) is 3.76. The molecule has 0 radical (unpaired) electrons. The largest absolute Gasteiger partial charge is 0.388 e. The third kappa shape index (κ3) is 1.40.